The SMILES string of the molecule is CCCNC(=O)[C@H](C)N(Cc1cccc(Br)c1)C(=O)CN(c1ccccc1CC)S(=O)(=O)c1ccccc1. The fourth-order valence-electron chi connectivity index (χ4n) is 4.10. The second kappa shape index (κ2) is 13.6. The van der Waals surface area contributed by atoms with E-state index in [0.29, 0.717) is 18.7 Å². The lowest BCUT2D eigenvalue weighted by Crippen LogP contribution is -2.51. The van der Waals surface area contributed by atoms with Crippen LogP contribution in [-0.2, 0) is 32.6 Å². The van der Waals surface area contributed by atoms with E-state index in [1.165, 1.54) is 17.0 Å². The van der Waals surface area contributed by atoms with E-state index in [1.807, 2.05) is 50.2 Å². The summed E-state index contributed by atoms with van der Waals surface area (Å²) in [7, 11) is -4.08. The Balaban J connectivity index is 2.04. The molecule has 0 aliphatic heterocycles. The van der Waals surface area contributed by atoms with Gasteiger partial charge in [-0.05, 0) is 61.2 Å². The topological polar surface area (TPSA) is 86.8 Å². The minimum absolute atomic E-state index is 0.0889. The second-order valence-electron chi connectivity index (χ2n) is 8.93. The normalized spacial score (nSPS) is 12.0. The van der Waals surface area contributed by atoms with Gasteiger partial charge in [0.2, 0.25) is 11.8 Å². The lowest BCUT2D eigenvalue weighted by molar-refractivity contribution is -0.139. The molecular formula is C29H34BrN3O4S. The summed E-state index contributed by atoms with van der Waals surface area (Å²) in [5.74, 6) is -0.767. The average molecular weight is 601 g/mol. The molecule has 7 nitrogen and oxygen atoms in total. The van der Waals surface area contributed by atoms with Crippen molar-refractivity contribution in [3.8, 4) is 0 Å². The van der Waals surface area contributed by atoms with Gasteiger partial charge < -0.3 is 10.2 Å². The number of halogens is 1. The molecule has 0 fully saturated rings. The van der Waals surface area contributed by atoms with Gasteiger partial charge in [0.1, 0.15) is 12.6 Å². The molecule has 9 heteroatoms. The van der Waals surface area contributed by atoms with Crippen molar-refractivity contribution in [3.05, 3.63) is 94.5 Å². The number of rotatable bonds is 12. The molecule has 0 bridgehead atoms. The fraction of sp³-hybridized carbons (Fsp3) is 0.310. The van der Waals surface area contributed by atoms with Crippen molar-refractivity contribution in [2.24, 2.45) is 0 Å². The average Bonchev–Trinajstić information content (AvgIpc) is 2.93. The van der Waals surface area contributed by atoms with Crippen LogP contribution in [0.4, 0.5) is 5.69 Å². The molecule has 0 saturated heterocycles. The van der Waals surface area contributed by atoms with Crippen molar-refractivity contribution in [2.75, 3.05) is 17.4 Å². The maximum atomic E-state index is 13.9. The number of hydrogen-bond donors (Lipinski definition) is 1. The number of para-hydroxylation sites is 1. The summed E-state index contributed by atoms with van der Waals surface area (Å²) in [6.07, 6.45) is 1.34. The summed E-state index contributed by atoms with van der Waals surface area (Å²) in [5, 5.41) is 2.85. The van der Waals surface area contributed by atoms with E-state index in [2.05, 4.69) is 21.2 Å². The second-order valence-corrected chi connectivity index (χ2v) is 11.7. The molecule has 1 atom stereocenters. The molecule has 0 saturated carbocycles. The molecule has 0 heterocycles. The van der Waals surface area contributed by atoms with Crippen LogP contribution in [0.1, 0.15) is 38.3 Å². The highest BCUT2D eigenvalue weighted by atomic mass is 79.9. The highest BCUT2D eigenvalue weighted by Crippen LogP contribution is 2.28. The van der Waals surface area contributed by atoms with E-state index in [1.54, 1.807) is 37.3 Å². The van der Waals surface area contributed by atoms with E-state index in [-0.39, 0.29) is 17.3 Å². The third-order valence-electron chi connectivity index (χ3n) is 6.21. The molecule has 202 valence electrons. The van der Waals surface area contributed by atoms with Gasteiger partial charge in [0.25, 0.3) is 10.0 Å². The van der Waals surface area contributed by atoms with Gasteiger partial charge in [-0.25, -0.2) is 8.42 Å². The molecule has 38 heavy (non-hydrogen) atoms. The van der Waals surface area contributed by atoms with Crippen LogP contribution < -0.4 is 9.62 Å². The van der Waals surface area contributed by atoms with Crippen LogP contribution in [0.5, 0.6) is 0 Å². The van der Waals surface area contributed by atoms with Crippen molar-refractivity contribution in [1.82, 2.24) is 10.2 Å². The van der Waals surface area contributed by atoms with Gasteiger partial charge in [-0.15, -0.1) is 0 Å². The number of nitrogens with zero attached hydrogens (tertiary/aromatic N) is 2. The van der Waals surface area contributed by atoms with E-state index in [0.717, 1.165) is 26.3 Å². The van der Waals surface area contributed by atoms with Crippen molar-refractivity contribution < 1.29 is 18.0 Å². The van der Waals surface area contributed by atoms with Crippen LogP contribution >= 0.6 is 15.9 Å². The quantitative estimate of drug-likeness (QED) is 0.312. The minimum Gasteiger partial charge on any atom is -0.354 e. The van der Waals surface area contributed by atoms with E-state index in [9.17, 15) is 18.0 Å². The number of benzene rings is 3. The van der Waals surface area contributed by atoms with Crippen LogP contribution in [0, 0.1) is 0 Å². The lowest BCUT2D eigenvalue weighted by Gasteiger charge is -2.32. The zero-order valence-electron chi connectivity index (χ0n) is 21.9. The van der Waals surface area contributed by atoms with E-state index < -0.39 is 28.5 Å². The summed E-state index contributed by atoms with van der Waals surface area (Å²) in [5.41, 5.74) is 2.05. The fourth-order valence-corrected chi connectivity index (χ4v) is 6.02. The molecule has 2 amide bonds. The summed E-state index contributed by atoms with van der Waals surface area (Å²) in [4.78, 5) is 28.4. The monoisotopic (exact) mass is 599 g/mol. The Morgan fingerprint density at radius 1 is 0.947 bits per heavy atom. The zero-order chi connectivity index (χ0) is 27.7. The Hall–Kier alpha value is -3.17. The number of carbonyl (C=O) groups is 2. The number of aryl methyl sites for hydroxylation is 1. The lowest BCUT2D eigenvalue weighted by atomic mass is 10.1. The largest absolute Gasteiger partial charge is 0.354 e. The van der Waals surface area contributed by atoms with Crippen molar-refractivity contribution in [1.29, 1.82) is 0 Å². The summed E-state index contributed by atoms with van der Waals surface area (Å²) < 4.78 is 29.8. The molecule has 0 aromatic heterocycles. The first-order chi connectivity index (χ1) is 18.2. The number of hydrogen-bond acceptors (Lipinski definition) is 4. The first-order valence-corrected chi connectivity index (χ1v) is 14.9. The van der Waals surface area contributed by atoms with E-state index >= 15 is 0 Å². The number of nitrogens with one attached hydrogen (secondary N) is 1. The van der Waals surface area contributed by atoms with Crippen molar-refractivity contribution in [2.45, 2.75) is 51.1 Å². The molecular weight excluding hydrogens is 566 g/mol. The van der Waals surface area contributed by atoms with Gasteiger partial charge in [0.05, 0.1) is 10.6 Å². The Kier molecular flexibility index (Phi) is 10.5. The predicted molar refractivity (Wildman–Crippen MR) is 154 cm³/mol. The van der Waals surface area contributed by atoms with Gasteiger partial charge in [0.15, 0.2) is 0 Å². The third-order valence-corrected chi connectivity index (χ3v) is 8.48. The number of anilines is 1. The van der Waals surface area contributed by atoms with Crippen LogP contribution in [0.3, 0.4) is 0 Å². The molecule has 1 N–H and O–H groups in total. The Labute approximate surface area is 234 Å². The predicted octanol–water partition coefficient (Wildman–Crippen LogP) is 5.15. The molecule has 3 aromatic carbocycles. The Morgan fingerprint density at radius 2 is 1.63 bits per heavy atom. The highest BCUT2D eigenvalue weighted by molar-refractivity contribution is 9.10. The van der Waals surface area contributed by atoms with Gasteiger partial charge in [0, 0.05) is 17.6 Å². The molecule has 0 spiro atoms. The number of sulfonamides is 1. The summed E-state index contributed by atoms with van der Waals surface area (Å²) in [6.45, 7) is 5.74. The summed E-state index contributed by atoms with van der Waals surface area (Å²) in [6, 6.07) is 21.9. The van der Waals surface area contributed by atoms with Crippen LogP contribution in [0.15, 0.2) is 88.2 Å². The maximum absolute atomic E-state index is 13.9. The molecule has 0 unspecified atom stereocenters. The molecule has 0 radical (unpaired) electrons. The van der Waals surface area contributed by atoms with Crippen LogP contribution in [-0.4, -0.2) is 44.3 Å². The standard InChI is InChI=1S/C29H34BrN3O4S/c1-4-18-31-29(35)22(3)32(20-23-12-11-14-25(30)19-23)28(34)21-33(27-17-10-9-13-24(27)5-2)38(36,37)26-15-7-6-8-16-26/h6-17,19,22H,4-5,18,20-21H2,1-3H3,(H,31,35)/t22-/m0/s1. The number of amides is 2. The van der Waals surface area contributed by atoms with Gasteiger partial charge >= 0.3 is 0 Å². The molecule has 0 aliphatic rings. The first-order valence-electron chi connectivity index (χ1n) is 12.7. The molecule has 0 aliphatic carbocycles. The molecule has 3 aromatic rings. The third kappa shape index (κ3) is 7.23. The van der Waals surface area contributed by atoms with Gasteiger partial charge in [-0.3, -0.25) is 13.9 Å². The van der Waals surface area contributed by atoms with Crippen LogP contribution in [0.2, 0.25) is 0 Å². The Bertz CT molecular complexity index is 1350. The maximum Gasteiger partial charge on any atom is 0.264 e. The van der Waals surface area contributed by atoms with E-state index in [4.69, 9.17) is 0 Å². The van der Waals surface area contributed by atoms with Gasteiger partial charge in [-0.2, -0.15) is 0 Å². The zero-order valence-corrected chi connectivity index (χ0v) is 24.3. The molecule has 3 rings (SSSR count). The van der Waals surface area contributed by atoms with Gasteiger partial charge in [-0.1, -0.05) is 78.3 Å². The van der Waals surface area contributed by atoms with Crippen molar-refractivity contribution in [3.63, 3.8) is 0 Å². The highest BCUT2D eigenvalue weighted by Gasteiger charge is 2.33. The smallest absolute Gasteiger partial charge is 0.264 e. The first kappa shape index (κ1) is 29.4. The van der Waals surface area contributed by atoms with Crippen LogP contribution in [0.25, 0.3) is 0 Å². The van der Waals surface area contributed by atoms with Crippen molar-refractivity contribution >= 4 is 43.5 Å². The summed E-state index contributed by atoms with van der Waals surface area (Å²) >= 11 is 3.46. The minimum atomic E-state index is -4.08. The Morgan fingerprint density at radius 3 is 2.29 bits per heavy atom. The number of carbonyl (C=O) groups excluding carboxylic acids is 2.